The summed E-state index contributed by atoms with van der Waals surface area (Å²) in [5.41, 5.74) is 0. The highest BCUT2D eigenvalue weighted by atomic mass is 32.1. The highest BCUT2D eigenvalue weighted by Gasteiger charge is 2.42. The van der Waals surface area contributed by atoms with E-state index in [1.165, 1.54) is 0 Å². The second kappa shape index (κ2) is 6.86. The Kier molecular flexibility index (Phi) is 4.44. The summed E-state index contributed by atoms with van der Waals surface area (Å²) in [6.07, 6.45) is 5.08. The number of carbonyl (C=O) groups is 1. The minimum atomic E-state index is -0.336. The molecule has 2 aliphatic heterocycles. The SMILES string of the molecule is O=C(NCc1cccs1)[C@@H]1C[C@H]2CCN(c3ncccn3)C[C@@H]2O1. The fourth-order valence-electron chi connectivity index (χ4n) is 3.44. The Morgan fingerprint density at radius 2 is 2.25 bits per heavy atom. The number of hydrogen-bond acceptors (Lipinski definition) is 6. The number of hydrogen-bond donors (Lipinski definition) is 1. The zero-order chi connectivity index (χ0) is 16.4. The molecule has 2 aliphatic rings. The van der Waals surface area contributed by atoms with E-state index in [4.69, 9.17) is 4.74 Å². The molecular formula is C17H20N4O2S. The average molecular weight is 344 g/mol. The first-order valence-corrected chi connectivity index (χ1v) is 9.15. The molecule has 0 saturated carbocycles. The summed E-state index contributed by atoms with van der Waals surface area (Å²) in [7, 11) is 0. The van der Waals surface area contributed by atoms with Gasteiger partial charge in [0.2, 0.25) is 11.9 Å². The molecule has 0 aromatic carbocycles. The topological polar surface area (TPSA) is 67.4 Å². The molecule has 2 aromatic heterocycles. The maximum absolute atomic E-state index is 12.4. The fourth-order valence-corrected chi connectivity index (χ4v) is 4.08. The fraction of sp³-hybridized carbons (Fsp3) is 0.471. The minimum Gasteiger partial charge on any atom is -0.363 e. The van der Waals surface area contributed by atoms with Crippen LogP contribution in [0.4, 0.5) is 5.95 Å². The third-order valence-electron chi connectivity index (χ3n) is 4.70. The van der Waals surface area contributed by atoms with Crippen LogP contribution in [0.1, 0.15) is 17.7 Å². The van der Waals surface area contributed by atoms with E-state index in [-0.39, 0.29) is 18.1 Å². The molecule has 126 valence electrons. The normalized spacial score (nSPS) is 26.2. The van der Waals surface area contributed by atoms with Gasteiger partial charge in [0, 0.05) is 30.4 Å². The predicted molar refractivity (Wildman–Crippen MR) is 91.8 cm³/mol. The van der Waals surface area contributed by atoms with E-state index in [0.717, 1.165) is 36.8 Å². The van der Waals surface area contributed by atoms with Gasteiger partial charge in [0.05, 0.1) is 12.6 Å². The molecule has 1 N–H and O–H groups in total. The predicted octanol–water partition coefficient (Wildman–Crippen LogP) is 1.84. The van der Waals surface area contributed by atoms with Gasteiger partial charge in [0.25, 0.3) is 0 Å². The number of aromatic nitrogens is 2. The van der Waals surface area contributed by atoms with Crippen molar-refractivity contribution in [3.63, 3.8) is 0 Å². The summed E-state index contributed by atoms with van der Waals surface area (Å²) in [6.45, 7) is 2.25. The van der Waals surface area contributed by atoms with Gasteiger partial charge < -0.3 is 15.0 Å². The first kappa shape index (κ1) is 15.5. The van der Waals surface area contributed by atoms with Gasteiger partial charge >= 0.3 is 0 Å². The monoisotopic (exact) mass is 344 g/mol. The lowest BCUT2D eigenvalue weighted by Gasteiger charge is -2.33. The molecule has 0 aliphatic carbocycles. The molecule has 1 amide bonds. The summed E-state index contributed by atoms with van der Waals surface area (Å²) in [4.78, 5) is 24.3. The van der Waals surface area contributed by atoms with Crippen molar-refractivity contribution in [2.75, 3.05) is 18.0 Å². The van der Waals surface area contributed by atoms with Crippen molar-refractivity contribution < 1.29 is 9.53 Å². The smallest absolute Gasteiger partial charge is 0.249 e. The quantitative estimate of drug-likeness (QED) is 0.917. The lowest BCUT2D eigenvalue weighted by Crippen LogP contribution is -2.43. The van der Waals surface area contributed by atoms with Crippen molar-refractivity contribution in [1.82, 2.24) is 15.3 Å². The molecule has 0 bridgehead atoms. The Labute approximate surface area is 144 Å². The third-order valence-corrected chi connectivity index (χ3v) is 5.57. The molecule has 2 fully saturated rings. The minimum absolute atomic E-state index is 0.000288. The summed E-state index contributed by atoms with van der Waals surface area (Å²) in [6, 6.07) is 5.83. The molecular weight excluding hydrogens is 324 g/mol. The Hall–Kier alpha value is -1.99. The second-order valence-corrected chi connectivity index (χ2v) is 7.27. The van der Waals surface area contributed by atoms with Gasteiger partial charge in [-0.2, -0.15) is 0 Å². The molecule has 3 atom stereocenters. The van der Waals surface area contributed by atoms with Gasteiger partial charge in [-0.1, -0.05) is 6.07 Å². The van der Waals surface area contributed by atoms with E-state index >= 15 is 0 Å². The van der Waals surface area contributed by atoms with Crippen molar-refractivity contribution in [1.29, 1.82) is 0 Å². The van der Waals surface area contributed by atoms with Crippen LogP contribution in [0.2, 0.25) is 0 Å². The van der Waals surface area contributed by atoms with Crippen LogP contribution in [0.5, 0.6) is 0 Å². The number of ether oxygens (including phenoxy) is 1. The van der Waals surface area contributed by atoms with Crippen LogP contribution in [0.15, 0.2) is 36.0 Å². The number of amides is 1. The lowest BCUT2D eigenvalue weighted by atomic mass is 9.92. The Bertz CT molecular complexity index is 679. The van der Waals surface area contributed by atoms with Crippen LogP contribution in [-0.2, 0) is 16.1 Å². The van der Waals surface area contributed by atoms with Gasteiger partial charge in [-0.15, -0.1) is 11.3 Å². The number of rotatable bonds is 4. The van der Waals surface area contributed by atoms with Crippen LogP contribution in [0, 0.1) is 5.92 Å². The van der Waals surface area contributed by atoms with E-state index in [2.05, 4.69) is 20.2 Å². The zero-order valence-corrected chi connectivity index (χ0v) is 14.1. The van der Waals surface area contributed by atoms with Gasteiger partial charge in [0.1, 0.15) is 6.10 Å². The summed E-state index contributed by atoms with van der Waals surface area (Å²) < 4.78 is 6.04. The van der Waals surface area contributed by atoms with Crippen molar-refractivity contribution in [2.45, 2.75) is 31.6 Å². The summed E-state index contributed by atoms with van der Waals surface area (Å²) in [5, 5.41) is 5.00. The molecule has 0 spiro atoms. The van der Waals surface area contributed by atoms with E-state index in [0.29, 0.717) is 12.5 Å². The first-order valence-electron chi connectivity index (χ1n) is 8.27. The maximum Gasteiger partial charge on any atom is 0.249 e. The van der Waals surface area contributed by atoms with Crippen LogP contribution in [0.3, 0.4) is 0 Å². The first-order chi connectivity index (χ1) is 11.8. The highest BCUT2D eigenvalue weighted by molar-refractivity contribution is 7.09. The zero-order valence-electron chi connectivity index (χ0n) is 13.3. The van der Waals surface area contributed by atoms with Gasteiger partial charge in [-0.05, 0) is 36.3 Å². The number of piperidine rings is 1. The van der Waals surface area contributed by atoms with E-state index in [1.807, 2.05) is 23.6 Å². The van der Waals surface area contributed by atoms with E-state index in [1.54, 1.807) is 23.7 Å². The second-order valence-electron chi connectivity index (χ2n) is 6.24. The van der Waals surface area contributed by atoms with Gasteiger partial charge in [-0.25, -0.2) is 9.97 Å². The number of thiophene rings is 1. The van der Waals surface area contributed by atoms with Crippen molar-refractivity contribution in [3.8, 4) is 0 Å². The molecule has 0 radical (unpaired) electrons. The standard InChI is InChI=1S/C17H20N4O2S/c22-16(20-10-13-3-1-8-24-13)14-9-12-4-7-21(11-15(12)23-14)17-18-5-2-6-19-17/h1-3,5-6,8,12,14-15H,4,7,9-11H2,(H,20,22)/t12-,14+,15+/m1/s1. The summed E-state index contributed by atoms with van der Waals surface area (Å²) >= 11 is 1.65. The number of carbonyl (C=O) groups excluding carboxylic acids is 1. The lowest BCUT2D eigenvalue weighted by molar-refractivity contribution is -0.132. The van der Waals surface area contributed by atoms with Crippen molar-refractivity contribution in [3.05, 3.63) is 40.8 Å². The summed E-state index contributed by atoms with van der Waals surface area (Å²) in [5.74, 6) is 1.19. The van der Waals surface area contributed by atoms with E-state index in [9.17, 15) is 4.79 Å². The number of fused-ring (bicyclic) bond motifs is 1. The molecule has 6 nitrogen and oxygen atoms in total. The maximum atomic E-state index is 12.4. The number of nitrogens with one attached hydrogen (secondary N) is 1. The Morgan fingerprint density at radius 3 is 3.04 bits per heavy atom. The van der Waals surface area contributed by atoms with Crippen LogP contribution in [0.25, 0.3) is 0 Å². The van der Waals surface area contributed by atoms with Gasteiger partial charge in [0.15, 0.2) is 0 Å². The van der Waals surface area contributed by atoms with Crippen LogP contribution < -0.4 is 10.2 Å². The van der Waals surface area contributed by atoms with Crippen molar-refractivity contribution in [2.24, 2.45) is 5.92 Å². The molecule has 0 unspecified atom stereocenters. The molecule has 4 rings (SSSR count). The van der Waals surface area contributed by atoms with Crippen LogP contribution in [-0.4, -0.2) is 41.2 Å². The molecule has 4 heterocycles. The Balaban J connectivity index is 1.33. The molecule has 2 saturated heterocycles. The van der Waals surface area contributed by atoms with Crippen molar-refractivity contribution >= 4 is 23.2 Å². The molecule has 2 aromatic rings. The highest BCUT2D eigenvalue weighted by Crippen LogP contribution is 2.34. The Morgan fingerprint density at radius 1 is 1.38 bits per heavy atom. The number of anilines is 1. The van der Waals surface area contributed by atoms with E-state index < -0.39 is 0 Å². The van der Waals surface area contributed by atoms with Gasteiger partial charge in [-0.3, -0.25) is 4.79 Å². The molecule has 7 heteroatoms. The third kappa shape index (κ3) is 3.27. The largest absolute Gasteiger partial charge is 0.363 e. The van der Waals surface area contributed by atoms with Crippen LogP contribution >= 0.6 is 11.3 Å². The number of nitrogens with zero attached hydrogens (tertiary/aromatic N) is 3. The molecule has 24 heavy (non-hydrogen) atoms. The average Bonchev–Trinajstić information content (AvgIpc) is 3.29.